The van der Waals surface area contributed by atoms with Gasteiger partial charge in [0.1, 0.15) is 0 Å². The van der Waals surface area contributed by atoms with Crippen molar-refractivity contribution in [3.05, 3.63) is 33.3 Å². The minimum Gasteiger partial charge on any atom is -0.299 e. The van der Waals surface area contributed by atoms with E-state index in [0.29, 0.717) is 5.92 Å². The van der Waals surface area contributed by atoms with Crippen molar-refractivity contribution in [3.8, 4) is 0 Å². The van der Waals surface area contributed by atoms with E-state index in [0.717, 1.165) is 35.0 Å². The Morgan fingerprint density at radius 1 is 1.44 bits per heavy atom. The zero-order chi connectivity index (χ0) is 11.5. The van der Waals surface area contributed by atoms with Crippen molar-refractivity contribution in [1.29, 1.82) is 0 Å². The lowest BCUT2D eigenvalue weighted by Gasteiger charge is -2.16. The molecule has 0 saturated carbocycles. The first kappa shape index (κ1) is 12.7. The molecule has 16 heavy (non-hydrogen) atoms. The van der Waals surface area contributed by atoms with Crippen molar-refractivity contribution < 1.29 is 0 Å². The zero-order valence-corrected chi connectivity index (χ0v) is 12.0. The third kappa shape index (κ3) is 3.13. The predicted molar refractivity (Wildman–Crippen MR) is 73.3 cm³/mol. The summed E-state index contributed by atoms with van der Waals surface area (Å²) < 4.78 is 1.03. The lowest BCUT2D eigenvalue weighted by Crippen LogP contribution is -2.20. The Morgan fingerprint density at radius 3 is 2.88 bits per heavy atom. The van der Waals surface area contributed by atoms with Gasteiger partial charge in [-0.1, -0.05) is 33.6 Å². The van der Waals surface area contributed by atoms with Crippen LogP contribution in [0.2, 0.25) is 5.02 Å². The highest BCUT2D eigenvalue weighted by Gasteiger charge is 2.21. The number of alkyl halides is 1. The summed E-state index contributed by atoms with van der Waals surface area (Å²) >= 11 is 15.5. The molecule has 2 rings (SSSR count). The zero-order valence-electron chi connectivity index (χ0n) is 8.93. The van der Waals surface area contributed by atoms with E-state index in [1.54, 1.807) is 0 Å². The number of hydrogen-bond acceptors (Lipinski definition) is 1. The Hall–Kier alpha value is 0.240. The van der Waals surface area contributed by atoms with Crippen molar-refractivity contribution in [2.24, 2.45) is 5.92 Å². The molecule has 1 unspecified atom stereocenters. The van der Waals surface area contributed by atoms with Gasteiger partial charge in [0, 0.05) is 28.5 Å². The minimum atomic E-state index is 0.649. The number of nitrogens with zero attached hydrogens (tertiary/aromatic N) is 1. The van der Waals surface area contributed by atoms with E-state index in [4.69, 9.17) is 23.2 Å². The van der Waals surface area contributed by atoms with E-state index < -0.39 is 0 Å². The fourth-order valence-electron chi connectivity index (χ4n) is 2.07. The van der Waals surface area contributed by atoms with Crippen molar-refractivity contribution in [2.75, 3.05) is 19.0 Å². The van der Waals surface area contributed by atoms with Crippen LogP contribution in [-0.4, -0.2) is 23.9 Å². The Balaban J connectivity index is 1.99. The van der Waals surface area contributed by atoms with Gasteiger partial charge >= 0.3 is 0 Å². The molecule has 0 bridgehead atoms. The average Bonchev–Trinajstić information content (AvgIpc) is 2.70. The summed E-state index contributed by atoms with van der Waals surface area (Å²) in [6.07, 6.45) is 1.21. The molecule has 1 saturated heterocycles. The summed E-state index contributed by atoms with van der Waals surface area (Å²) in [7, 11) is 0. The molecule has 88 valence electrons. The molecule has 1 atom stereocenters. The minimum absolute atomic E-state index is 0.649. The highest BCUT2D eigenvalue weighted by atomic mass is 79.9. The van der Waals surface area contributed by atoms with E-state index in [-0.39, 0.29) is 0 Å². The van der Waals surface area contributed by atoms with Crippen LogP contribution in [0.5, 0.6) is 0 Å². The van der Waals surface area contributed by atoms with Crippen LogP contribution in [0.4, 0.5) is 0 Å². The maximum atomic E-state index is 6.20. The summed E-state index contributed by atoms with van der Waals surface area (Å²) in [5.41, 5.74) is 1.19. The normalized spacial score (nSPS) is 21.6. The highest BCUT2D eigenvalue weighted by molar-refractivity contribution is 9.10. The maximum Gasteiger partial charge on any atom is 0.0462 e. The maximum absolute atomic E-state index is 6.20. The summed E-state index contributed by atoms with van der Waals surface area (Å²) in [4.78, 5) is 2.42. The Kier molecular flexibility index (Phi) is 4.54. The lowest BCUT2D eigenvalue weighted by atomic mass is 10.2. The SMILES string of the molecule is ClCC1CCN(Cc2ccc(Br)cc2Cl)C1. The van der Waals surface area contributed by atoms with E-state index in [9.17, 15) is 0 Å². The molecule has 0 radical (unpaired) electrons. The van der Waals surface area contributed by atoms with E-state index in [1.807, 2.05) is 12.1 Å². The summed E-state index contributed by atoms with van der Waals surface area (Å²) in [5, 5.41) is 0.837. The van der Waals surface area contributed by atoms with E-state index in [1.165, 1.54) is 12.0 Å². The fourth-order valence-corrected chi connectivity index (χ4v) is 3.06. The topological polar surface area (TPSA) is 3.24 Å². The first-order chi connectivity index (χ1) is 7.69. The molecule has 1 aromatic rings. The first-order valence-corrected chi connectivity index (χ1v) is 7.12. The Bertz CT molecular complexity index is 370. The molecule has 0 aromatic heterocycles. The quantitative estimate of drug-likeness (QED) is 0.755. The largest absolute Gasteiger partial charge is 0.299 e. The smallest absolute Gasteiger partial charge is 0.0462 e. The summed E-state index contributed by atoms with van der Waals surface area (Å²) in [6, 6.07) is 6.07. The second-order valence-electron chi connectivity index (χ2n) is 4.28. The van der Waals surface area contributed by atoms with Gasteiger partial charge < -0.3 is 0 Å². The van der Waals surface area contributed by atoms with Crippen molar-refractivity contribution in [1.82, 2.24) is 4.90 Å². The first-order valence-electron chi connectivity index (χ1n) is 5.41. The van der Waals surface area contributed by atoms with Gasteiger partial charge in [0.05, 0.1) is 0 Å². The van der Waals surface area contributed by atoms with Gasteiger partial charge in [-0.3, -0.25) is 4.90 Å². The van der Waals surface area contributed by atoms with Crippen molar-refractivity contribution in [3.63, 3.8) is 0 Å². The lowest BCUT2D eigenvalue weighted by molar-refractivity contribution is 0.321. The van der Waals surface area contributed by atoms with Gasteiger partial charge in [-0.2, -0.15) is 0 Å². The van der Waals surface area contributed by atoms with Crippen LogP contribution in [0.25, 0.3) is 0 Å². The van der Waals surface area contributed by atoms with Crippen LogP contribution in [-0.2, 0) is 6.54 Å². The van der Waals surface area contributed by atoms with Crippen LogP contribution in [0.15, 0.2) is 22.7 Å². The van der Waals surface area contributed by atoms with Gasteiger partial charge in [-0.25, -0.2) is 0 Å². The van der Waals surface area contributed by atoms with Gasteiger partial charge in [-0.15, -0.1) is 11.6 Å². The molecule has 0 aliphatic carbocycles. The molecular formula is C12H14BrCl2N. The monoisotopic (exact) mass is 321 g/mol. The number of likely N-dealkylation sites (tertiary alicyclic amines) is 1. The molecule has 0 spiro atoms. The van der Waals surface area contributed by atoms with Crippen LogP contribution >= 0.6 is 39.1 Å². The molecule has 0 N–H and O–H groups in total. The third-order valence-corrected chi connectivity index (χ3v) is 4.28. The summed E-state index contributed by atoms with van der Waals surface area (Å²) in [6.45, 7) is 3.15. The molecule has 1 heterocycles. The second-order valence-corrected chi connectivity index (χ2v) is 5.91. The van der Waals surface area contributed by atoms with Crippen LogP contribution in [0.1, 0.15) is 12.0 Å². The standard InChI is InChI=1S/C12H14BrCl2N/c13-11-2-1-10(12(15)5-11)8-16-4-3-9(6-14)7-16/h1-2,5,9H,3-4,6-8H2. The van der Waals surface area contributed by atoms with Gasteiger partial charge in [0.2, 0.25) is 0 Å². The number of hydrogen-bond donors (Lipinski definition) is 0. The van der Waals surface area contributed by atoms with Crippen LogP contribution < -0.4 is 0 Å². The highest BCUT2D eigenvalue weighted by Crippen LogP contribution is 2.25. The molecule has 1 aromatic carbocycles. The van der Waals surface area contributed by atoms with Crippen molar-refractivity contribution >= 4 is 39.1 Å². The molecule has 1 aliphatic heterocycles. The average molecular weight is 323 g/mol. The van der Waals surface area contributed by atoms with E-state index in [2.05, 4.69) is 26.9 Å². The number of rotatable bonds is 3. The Morgan fingerprint density at radius 2 is 2.25 bits per heavy atom. The van der Waals surface area contributed by atoms with Crippen LogP contribution in [0, 0.1) is 5.92 Å². The Labute approximate surface area is 115 Å². The molecule has 1 fully saturated rings. The van der Waals surface area contributed by atoms with Gasteiger partial charge in [0.25, 0.3) is 0 Å². The number of benzene rings is 1. The fraction of sp³-hybridized carbons (Fsp3) is 0.500. The second kappa shape index (κ2) is 5.72. The van der Waals surface area contributed by atoms with Gasteiger partial charge in [-0.05, 0) is 36.6 Å². The van der Waals surface area contributed by atoms with E-state index >= 15 is 0 Å². The predicted octanol–water partition coefficient (Wildman–Crippen LogP) is 4.16. The molecule has 1 nitrogen and oxygen atoms in total. The summed E-state index contributed by atoms with van der Waals surface area (Å²) in [5.74, 6) is 1.42. The van der Waals surface area contributed by atoms with Crippen molar-refractivity contribution in [2.45, 2.75) is 13.0 Å². The molecule has 1 aliphatic rings. The number of halogens is 3. The molecular weight excluding hydrogens is 309 g/mol. The third-order valence-electron chi connectivity index (χ3n) is 3.00. The van der Waals surface area contributed by atoms with Crippen LogP contribution in [0.3, 0.4) is 0 Å². The molecule has 4 heteroatoms. The molecule has 0 amide bonds. The van der Waals surface area contributed by atoms with Gasteiger partial charge in [0.15, 0.2) is 0 Å².